The molecule has 2 aromatic rings. The number of anilines is 1. The van der Waals surface area contributed by atoms with Gasteiger partial charge in [-0.1, -0.05) is 18.9 Å². The second kappa shape index (κ2) is 9.53. The van der Waals surface area contributed by atoms with Crippen LogP contribution in [-0.4, -0.2) is 77.0 Å². The molecule has 0 spiro atoms. The summed E-state index contributed by atoms with van der Waals surface area (Å²) in [4.78, 5) is 34.1. The number of likely N-dealkylation sites (tertiary alicyclic amines) is 1. The molecule has 0 bridgehead atoms. The van der Waals surface area contributed by atoms with E-state index in [0.717, 1.165) is 87.7 Å². The minimum atomic E-state index is 0.234. The number of rotatable bonds is 4. The summed E-state index contributed by atoms with van der Waals surface area (Å²) in [7, 11) is 2.16. The maximum Gasteiger partial charge on any atom is 0.225 e. The van der Waals surface area contributed by atoms with Crippen LogP contribution in [0, 0.1) is 5.92 Å². The smallest absolute Gasteiger partial charge is 0.225 e. The zero-order valence-electron chi connectivity index (χ0n) is 19.1. The van der Waals surface area contributed by atoms with Crippen molar-refractivity contribution < 1.29 is 4.79 Å². The normalized spacial score (nSPS) is 23.0. The molecular formula is C25H34N6O. The van der Waals surface area contributed by atoms with Gasteiger partial charge in [0.25, 0.3) is 0 Å². The first kappa shape index (κ1) is 21.3. The molecule has 3 aliphatic rings. The van der Waals surface area contributed by atoms with Gasteiger partial charge in [0.1, 0.15) is 0 Å². The summed E-state index contributed by atoms with van der Waals surface area (Å²) in [5, 5.41) is 0. The molecule has 1 saturated carbocycles. The van der Waals surface area contributed by atoms with Crippen LogP contribution in [0.4, 0.5) is 5.95 Å². The average Bonchev–Trinajstić information content (AvgIpc) is 3.39. The number of piperazine rings is 1. The fourth-order valence-electron chi connectivity index (χ4n) is 5.43. The Labute approximate surface area is 190 Å². The molecular weight excluding hydrogens is 400 g/mol. The van der Waals surface area contributed by atoms with E-state index >= 15 is 0 Å². The number of piperidine rings is 1. The lowest BCUT2D eigenvalue weighted by Crippen LogP contribution is -2.45. The maximum atomic E-state index is 13.1. The Kier molecular flexibility index (Phi) is 6.35. The maximum absolute atomic E-state index is 13.1. The van der Waals surface area contributed by atoms with Gasteiger partial charge in [-0.05, 0) is 38.8 Å². The monoisotopic (exact) mass is 434 g/mol. The van der Waals surface area contributed by atoms with Crippen molar-refractivity contribution in [1.82, 2.24) is 24.8 Å². The van der Waals surface area contributed by atoms with Crippen LogP contribution >= 0.6 is 0 Å². The molecule has 4 heterocycles. The van der Waals surface area contributed by atoms with Crippen LogP contribution in [0.2, 0.25) is 0 Å². The second-order valence-corrected chi connectivity index (χ2v) is 9.61. The van der Waals surface area contributed by atoms with Gasteiger partial charge in [0, 0.05) is 80.8 Å². The predicted octanol–water partition coefficient (Wildman–Crippen LogP) is 3.19. The highest BCUT2D eigenvalue weighted by Crippen LogP contribution is 2.35. The van der Waals surface area contributed by atoms with E-state index < -0.39 is 0 Å². The van der Waals surface area contributed by atoms with Crippen molar-refractivity contribution in [3.8, 4) is 11.1 Å². The molecule has 1 aliphatic carbocycles. The molecule has 170 valence electrons. The fraction of sp³-hybridized carbons (Fsp3) is 0.600. The summed E-state index contributed by atoms with van der Waals surface area (Å²) in [5.74, 6) is 1.65. The SMILES string of the molecule is CN1CCN(c2ncc(-c3cccnc3)c(C3CCCN(C(=O)C4CCCC4)C3)n2)CC1. The van der Waals surface area contributed by atoms with Crippen LogP contribution < -0.4 is 4.90 Å². The molecule has 0 radical (unpaired) electrons. The Morgan fingerprint density at radius 1 is 1.00 bits per heavy atom. The number of pyridine rings is 1. The minimum absolute atomic E-state index is 0.234. The molecule has 0 aromatic carbocycles. The molecule has 0 N–H and O–H groups in total. The Bertz CT molecular complexity index is 921. The molecule has 2 saturated heterocycles. The number of carbonyl (C=O) groups is 1. The van der Waals surface area contributed by atoms with Crippen molar-refractivity contribution in [2.75, 3.05) is 51.2 Å². The Morgan fingerprint density at radius 2 is 1.81 bits per heavy atom. The van der Waals surface area contributed by atoms with Gasteiger partial charge in [0.15, 0.2) is 0 Å². The van der Waals surface area contributed by atoms with E-state index in [2.05, 4.69) is 32.8 Å². The van der Waals surface area contributed by atoms with E-state index in [1.54, 1.807) is 6.20 Å². The lowest BCUT2D eigenvalue weighted by molar-refractivity contribution is -0.136. The highest BCUT2D eigenvalue weighted by molar-refractivity contribution is 5.79. The molecule has 2 aromatic heterocycles. The number of carbonyl (C=O) groups excluding carboxylic acids is 1. The molecule has 32 heavy (non-hydrogen) atoms. The van der Waals surface area contributed by atoms with Crippen molar-refractivity contribution in [2.24, 2.45) is 5.92 Å². The number of amides is 1. The van der Waals surface area contributed by atoms with Gasteiger partial charge in [0.2, 0.25) is 11.9 Å². The van der Waals surface area contributed by atoms with Crippen molar-refractivity contribution >= 4 is 11.9 Å². The van der Waals surface area contributed by atoms with Crippen LogP contribution in [0.15, 0.2) is 30.7 Å². The Morgan fingerprint density at radius 3 is 2.56 bits per heavy atom. The number of nitrogens with zero attached hydrogens (tertiary/aromatic N) is 6. The summed E-state index contributed by atoms with van der Waals surface area (Å²) in [6.45, 7) is 5.58. The first-order valence-electron chi connectivity index (χ1n) is 12.2. The van der Waals surface area contributed by atoms with Gasteiger partial charge in [-0.15, -0.1) is 0 Å². The van der Waals surface area contributed by atoms with Crippen LogP contribution in [0.25, 0.3) is 11.1 Å². The molecule has 2 aliphatic heterocycles. The first-order chi connectivity index (χ1) is 15.7. The third-order valence-corrected chi connectivity index (χ3v) is 7.39. The predicted molar refractivity (Wildman–Crippen MR) is 125 cm³/mol. The number of likely N-dealkylation sites (N-methyl/N-ethyl adjacent to an activating group) is 1. The van der Waals surface area contributed by atoms with E-state index in [1.165, 1.54) is 12.8 Å². The number of aromatic nitrogens is 3. The van der Waals surface area contributed by atoms with Gasteiger partial charge in [-0.25, -0.2) is 9.97 Å². The van der Waals surface area contributed by atoms with Crippen molar-refractivity contribution in [2.45, 2.75) is 44.4 Å². The van der Waals surface area contributed by atoms with Gasteiger partial charge >= 0.3 is 0 Å². The minimum Gasteiger partial charge on any atom is -0.342 e. The molecule has 1 atom stereocenters. The molecule has 7 nitrogen and oxygen atoms in total. The standard InChI is InChI=1S/C25H34N6O/c1-29-12-14-30(15-13-29)25-27-17-22(20-8-4-10-26-16-20)23(28-25)21-9-5-11-31(18-21)24(32)19-6-2-3-7-19/h4,8,10,16-17,19,21H,2-3,5-7,9,11-15,18H2,1H3. The number of hydrogen-bond donors (Lipinski definition) is 0. The van der Waals surface area contributed by atoms with Crippen molar-refractivity contribution in [1.29, 1.82) is 0 Å². The zero-order chi connectivity index (χ0) is 21.9. The lowest BCUT2D eigenvalue weighted by Gasteiger charge is -2.36. The summed E-state index contributed by atoms with van der Waals surface area (Å²) in [6.07, 6.45) is 12.3. The van der Waals surface area contributed by atoms with E-state index in [0.29, 0.717) is 5.91 Å². The van der Waals surface area contributed by atoms with Crippen LogP contribution in [0.1, 0.15) is 50.1 Å². The quantitative estimate of drug-likeness (QED) is 0.736. The Balaban J connectivity index is 1.44. The topological polar surface area (TPSA) is 65.5 Å². The van der Waals surface area contributed by atoms with Gasteiger partial charge < -0.3 is 14.7 Å². The number of hydrogen-bond acceptors (Lipinski definition) is 6. The first-order valence-corrected chi connectivity index (χ1v) is 12.2. The molecule has 7 heteroatoms. The van der Waals surface area contributed by atoms with E-state index in [1.807, 2.05) is 18.5 Å². The highest BCUT2D eigenvalue weighted by Gasteiger charge is 2.33. The summed E-state index contributed by atoms with van der Waals surface area (Å²) >= 11 is 0. The summed E-state index contributed by atoms with van der Waals surface area (Å²) in [5.41, 5.74) is 3.17. The molecule has 3 fully saturated rings. The largest absolute Gasteiger partial charge is 0.342 e. The summed E-state index contributed by atoms with van der Waals surface area (Å²) < 4.78 is 0. The van der Waals surface area contributed by atoms with Crippen LogP contribution in [0.3, 0.4) is 0 Å². The van der Waals surface area contributed by atoms with Crippen molar-refractivity contribution in [3.63, 3.8) is 0 Å². The highest BCUT2D eigenvalue weighted by atomic mass is 16.2. The average molecular weight is 435 g/mol. The molecule has 1 amide bonds. The van der Waals surface area contributed by atoms with E-state index in [9.17, 15) is 4.79 Å². The second-order valence-electron chi connectivity index (χ2n) is 9.61. The molecule has 5 rings (SSSR count). The third kappa shape index (κ3) is 4.49. The van der Waals surface area contributed by atoms with Gasteiger partial charge in [-0.2, -0.15) is 0 Å². The van der Waals surface area contributed by atoms with Crippen molar-refractivity contribution in [3.05, 3.63) is 36.4 Å². The summed E-state index contributed by atoms with van der Waals surface area (Å²) in [6, 6.07) is 4.04. The zero-order valence-corrected chi connectivity index (χ0v) is 19.1. The van der Waals surface area contributed by atoms with E-state index in [4.69, 9.17) is 9.97 Å². The van der Waals surface area contributed by atoms with E-state index in [-0.39, 0.29) is 11.8 Å². The van der Waals surface area contributed by atoms with Gasteiger partial charge in [0.05, 0.1) is 5.69 Å². The third-order valence-electron chi connectivity index (χ3n) is 7.39. The van der Waals surface area contributed by atoms with Crippen LogP contribution in [-0.2, 0) is 4.79 Å². The molecule has 1 unspecified atom stereocenters. The Hall–Kier alpha value is -2.54. The fourth-order valence-corrected chi connectivity index (χ4v) is 5.43. The lowest BCUT2D eigenvalue weighted by atomic mass is 9.89. The van der Waals surface area contributed by atoms with Gasteiger partial charge in [-0.3, -0.25) is 9.78 Å². The van der Waals surface area contributed by atoms with Crippen LogP contribution in [0.5, 0.6) is 0 Å².